The van der Waals surface area contributed by atoms with E-state index in [0.29, 0.717) is 32.1 Å². The van der Waals surface area contributed by atoms with Crippen molar-refractivity contribution in [2.24, 2.45) is 17.3 Å². The Morgan fingerprint density at radius 3 is 2.50 bits per heavy atom. The molecule has 40 heavy (non-hydrogen) atoms. The number of aliphatic hydroxyl groups is 2. The van der Waals surface area contributed by atoms with Gasteiger partial charge in [-0.1, -0.05) is 41.0 Å². The van der Waals surface area contributed by atoms with Crippen LogP contribution in [0.5, 0.6) is 0 Å². The Bertz CT molecular complexity index is 1190. The zero-order valence-electron chi connectivity index (χ0n) is 24.8. The maximum atomic E-state index is 13.3. The highest BCUT2D eigenvalue weighted by molar-refractivity contribution is 7.89. The molecule has 0 amide bonds. The summed E-state index contributed by atoms with van der Waals surface area (Å²) >= 11 is 1.51. The second-order valence-corrected chi connectivity index (χ2v) is 15.2. The van der Waals surface area contributed by atoms with Crippen LogP contribution in [0.25, 0.3) is 6.08 Å². The standard InChI is InChI=1S/C29H46N2O7S2/c1-8-12-40(36,37)31-22-11-9-10-17(2)27(34)19(4)28(35)29(6,7)25(32)15-26(33)38-24(14-23(22)31)18(3)13-21-16-39-20(5)30-21/h13,16-17,19,22-25,27,32,34H,8-12,14-15H2,1-7H3/b18-13+/t17-,19+,22+,23-,24-,25-,27?,31?/m0/s1. The van der Waals surface area contributed by atoms with Gasteiger partial charge in [0.15, 0.2) is 0 Å². The normalized spacial score (nSPS) is 34.7. The molecule has 2 aliphatic rings. The summed E-state index contributed by atoms with van der Waals surface area (Å²) in [7, 11) is -3.47. The van der Waals surface area contributed by atoms with E-state index in [1.807, 2.05) is 39.2 Å². The van der Waals surface area contributed by atoms with E-state index in [2.05, 4.69) is 4.98 Å². The van der Waals surface area contributed by atoms with Gasteiger partial charge in [-0.25, -0.2) is 13.4 Å². The van der Waals surface area contributed by atoms with Crippen molar-refractivity contribution in [1.29, 1.82) is 0 Å². The van der Waals surface area contributed by atoms with Crippen molar-refractivity contribution in [3.8, 4) is 0 Å². The lowest BCUT2D eigenvalue weighted by molar-refractivity contribution is -0.154. The fourth-order valence-electron chi connectivity index (χ4n) is 5.82. The summed E-state index contributed by atoms with van der Waals surface area (Å²) < 4.78 is 33.7. The van der Waals surface area contributed by atoms with E-state index in [1.54, 1.807) is 25.1 Å². The van der Waals surface area contributed by atoms with Crippen LogP contribution in [0, 0.1) is 24.2 Å². The highest BCUT2D eigenvalue weighted by Gasteiger charge is 2.55. The van der Waals surface area contributed by atoms with Crippen molar-refractivity contribution in [2.75, 3.05) is 5.75 Å². The zero-order chi connectivity index (χ0) is 30.0. The van der Waals surface area contributed by atoms with E-state index < -0.39 is 52.1 Å². The van der Waals surface area contributed by atoms with Crippen LogP contribution in [0.4, 0.5) is 0 Å². The summed E-state index contributed by atoms with van der Waals surface area (Å²) in [5.41, 5.74) is 0.189. The molecule has 2 aliphatic heterocycles. The van der Waals surface area contributed by atoms with Gasteiger partial charge in [0.1, 0.15) is 11.9 Å². The van der Waals surface area contributed by atoms with E-state index in [0.717, 1.165) is 16.3 Å². The van der Waals surface area contributed by atoms with Gasteiger partial charge in [-0.3, -0.25) is 9.59 Å². The molecule has 2 fully saturated rings. The van der Waals surface area contributed by atoms with E-state index in [4.69, 9.17) is 4.74 Å². The molecule has 9 nitrogen and oxygen atoms in total. The number of hydrogen-bond donors (Lipinski definition) is 2. The van der Waals surface area contributed by atoms with Gasteiger partial charge in [0.05, 0.1) is 40.5 Å². The molecular weight excluding hydrogens is 552 g/mol. The fourth-order valence-corrected chi connectivity index (χ4v) is 8.36. The Morgan fingerprint density at radius 1 is 1.23 bits per heavy atom. The van der Waals surface area contributed by atoms with Crippen LogP contribution >= 0.6 is 11.3 Å². The average molecular weight is 599 g/mol. The molecule has 1 aromatic rings. The van der Waals surface area contributed by atoms with Crippen LogP contribution in [0.1, 0.15) is 90.8 Å². The third-order valence-corrected chi connectivity index (χ3v) is 11.4. The van der Waals surface area contributed by atoms with E-state index in [1.165, 1.54) is 11.3 Å². The first kappa shape index (κ1) is 32.8. The number of esters is 1. The predicted molar refractivity (Wildman–Crippen MR) is 156 cm³/mol. The van der Waals surface area contributed by atoms with Crippen molar-refractivity contribution < 1.29 is 33.0 Å². The summed E-state index contributed by atoms with van der Waals surface area (Å²) in [6.45, 7) is 12.3. The fraction of sp³-hybridized carbons (Fsp3) is 0.759. The molecule has 0 aliphatic carbocycles. The van der Waals surface area contributed by atoms with Crippen LogP contribution < -0.4 is 0 Å². The number of carbonyl (C=O) groups is 2. The first-order valence-electron chi connectivity index (χ1n) is 14.3. The van der Waals surface area contributed by atoms with Gasteiger partial charge in [0, 0.05) is 29.8 Å². The molecule has 2 unspecified atom stereocenters. The van der Waals surface area contributed by atoms with Gasteiger partial charge in [-0.05, 0) is 50.7 Å². The summed E-state index contributed by atoms with van der Waals surface area (Å²) in [6, 6.07) is -0.530. The monoisotopic (exact) mass is 598 g/mol. The van der Waals surface area contributed by atoms with Gasteiger partial charge in [0.2, 0.25) is 10.0 Å². The molecule has 3 rings (SSSR count). The Kier molecular flexibility index (Phi) is 10.8. The summed E-state index contributed by atoms with van der Waals surface area (Å²) in [4.78, 5) is 30.9. The Balaban J connectivity index is 1.96. The minimum Gasteiger partial charge on any atom is -0.458 e. The van der Waals surface area contributed by atoms with E-state index in [-0.39, 0.29) is 29.5 Å². The third-order valence-electron chi connectivity index (χ3n) is 8.54. The van der Waals surface area contributed by atoms with Gasteiger partial charge < -0.3 is 14.9 Å². The average Bonchev–Trinajstić information content (AvgIpc) is 3.41. The van der Waals surface area contributed by atoms with E-state index >= 15 is 0 Å². The van der Waals surface area contributed by atoms with Gasteiger partial charge in [-0.15, -0.1) is 11.3 Å². The number of fused-ring (bicyclic) bond motifs is 1. The minimum absolute atomic E-state index is 0.0490. The second kappa shape index (κ2) is 13.1. The zero-order valence-corrected chi connectivity index (χ0v) is 26.4. The quantitative estimate of drug-likeness (QED) is 0.382. The second-order valence-electron chi connectivity index (χ2n) is 12.2. The molecule has 2 N–H and O–H groups in total. The maximum absolute atomic E-state index is 13.3. The van der Waals surface area contributed by atoms with E-state index in [9.17, 15) is 28.2 Å². The number of ether oxygens (including phenoxy) is 1. The van der Waals surface area contributed by atoms with Gasteiger partial charge in [0.25, 0.3) is 0 Å². The van der Waals surface area contributed by atoms with Crippen LogP contribution in [-0.4, -0.2) is 75.8 Å². The summed E-state index contributed by atoms with van der Waals surface area (Å²) in [5.74, 6) is -1.87. The number of nitrogens with zero attached hydrogens (tertiary/aromatic N) is 2. The SMILES string of the molecule is CCCS(=O)(=O)N1[C@@H]2CCC[C@H](C)C(O)[C@@H](C)C(=O)C(C)(C)[C@@H](O)CC(=O)O[C@H](/C(C)=C/c3csc(C)n3)C[C@@H]21. The Hall–Kier alpha value is -1.66. The number of carbonyl (C=O) groups excluding carboxylic acids is 2. The number of aromatic nitrogens is 1. The first-order valence-corrected chi connectivity index (χ1v) is 16.8. The number of hydrogen-bond acceptors (Lipinski definition) is 9. The predicted octanol–water partition coefficient (Wildman–Crippen LogP) is 4.11. The van der Waals surface area contributed by atoms with Gasteiger partial charge in [-0.2, -0.15) is 4.31 Å². The molecule has 0 saturated carbocycles. The van der Waals surface area contributed by atoms with Crippen LogP contribution in [0.15, 0.2) is 11.0 Å². The van der Waals surface area contributed by atoms with Gasteiger partial charge >= 0.3 is 5.97 Å². The third kappa shape index (κ3) is 7.59. The number of aryl methyl sites for hydroxylation is 1. The summed E-state index contributed by atoms with van der Waals surface area (Å²) in [5, 5.41) is 24.7. The number of rotatable bonds is 5. The van der Waals surface area contributed by atoms with Crippen molar-refractivity contribution in [1.82, 2.24) is 9.29 Å². The first-order chi connectivity index (χ1) is 18.6. The largest absolute Gasteiger partial charge is 0.458 e. The molecule has 11 heteroatoms. The number of ketones is 1. The van der Waals surface area contributed by atoms with Crippen molar-refractivity contribution in [3.05, 3.63) is 21.7 Å². The Labute approximate surface area is 243 Å². The molecule has 0 bridgehead atoms. The van der Waals surface area contributed by atoms with Crippen LogP contribution in [0.3, 0.4) is 0 Å². The number of sulfonamides is 1. The minimum atomic E-state index is -3.47. The molecule has 0 radical (unpaired) electrons. The summed E-state index contributed by atoms with van der Waals surface area (Å²) in [6.07, 6.45) is 1.22. The van der Waals surface area contributed by atoms with Crippen molar-refractivity contribution >= 4 is 39.2 Å². The lowest BCUT2D eigenvalue weighted by Crippen LogP contribution is -2.45. The molecule has 226 valence electrons. The van der Waals surface area contributed by atoms with Crippen molar-refractivity contribution in [2.45, 2.75) is 117 Å². The number of aliphatic hydroxyl groups excluding tert-OH is 2. The van der Waals surface area contributed by atoms with Crippen LogP contribution in [0.2, 0.25) is 0 Å². The lowest BCUT2D eigenvalue weighted by atomic mass is 9.73. The number of Topliss-reactive ketones (excluding diaryl/α,β-unsaturated/α-hetero) is 1. The Morgan fingerprint density at radius 2 is 1.90 bits per heavy atom. The lowest BCUT2D eigenvalue weighted by Gasteiger charge is -2.34. The number of thiazole rings is 1. The van der Waals surface area contributed by atoms with Crippen LogP contribution in [-0.2, 0) is 24.3 Å². The smallest absolute Gasteiger partial charge is 0.309 e. The number of cyclic esters (lactones) is 1. The molecule has 1 aromatic heterocycles. The molecule has 3 heterocycles. The molecule has 2 saturated heterocycles. The highest BCUT2D eigenvalue weighted by Crippen LogP contribution is 2.42. The topological polar surface area (TPSA) is 134 Å². The highest BCUT2D eigenvalue weighted by atomic mass is 32.2. The molecule has 8 atom stereocenters. The molecule has 0 spiro atoms. The maximum Gasteiger partial charge on any atom is 0.309 e. The van der Waals surface area contributed by atoms with Crippen molar-refractivity contribution in [3.63, 3.8) is 0 Å². The molecule has 0 aromatic carbocycles. The molecular formula is C29H46N2O7S2.